The molecule has 8 nitrogen and oxygen atoms in total. The number of piperazine rings is 1. The maximum atomic E-state index is 13.0. The van der Waals surface area contributed by atoms with E-state index in [2.05, 4.69) is 14.9 Å². The lowest BCUT2D eigenvalue weighted by Gasteiger charge is -2.35. The zero-order chi connectivity index (χ0) is 20.3. The number of para-hydroxylation sites is 1. The second kappa shape index (κ2) is 8.51. The van der Waals surface area contributed by atoms with E-state index in [1.807, 2.05) is 45.9 Å². The molecule has 2 aromatic heterocycles. The number of pyridine rings is 1. The van der Waals surface area contributed by atoms with Crippen molar-refractivity contribution in [2.24, 2.45) is 0 Å². The zero-order valence-electron chi connectivity index (χ0n) is 16.8. The molecule has 0 spiro atoms. The van der Waals surface area contributed by atoms with Gasteiger partial charge in [-0.1, -0.05) is 18.2 Å². The van der Waals surface area contributed by atoms with Crippen molar-refractivity contribution in [2.75, 3.05) is 45.9 Å². The summed E-state index contributed by atoms with van der Waals surface area (Å²) in [4.78, 5) is 26.2. The third-order valence-electron chi connectivity index (χ3n) is 5.70. The molecule has 2 saturated heterocycles. The van der Waals surface area contributed by atoms with Crippen molar-refractivity contribution in [3.63, 3.8) is 0 Å². The van der Waals surface area contributed by atoms with Crippen LogP contribution in [0, 0.1) is 0 Å². The lowest BCUT2D eigenvalue weighted by atomic mass is 10.2. The Morgan fingerprint density at radius 3 is 2.57 bits per heavy atom. The minimum Gasteiger partial charge on any atom is -0.350 e. The van der Waals surface area contributed by atoms with Gasteiger partial charge in [0.1, 0.15) is 11.8 Å². The van der Waals surface area contributed by atoms with Crippen LogP contribution in [0.25, 0.3) is 16.9 Å². The van der Waals surface area contributed by atoms with Crippen molar-refractivity contribution in [1.82, 2.24) is 24.3 Å². The normalized spacial score (nSPS) is 18.3. The molecule has 0 saturated carbocycles. The fraction of sp³-hybridized carbons (Fsp3) is 0.409. The van der Waals surface area contributed by atoms with Gasteiger partial charge in [-0.3, -0.25) is 14.3 Å². The Hall–Kier alpha value is -2.81. The van der Waals surface area contributed by atoms with Gasteiger partial charge in [-0.05, 0) is 18.2 Å². The topological polar surface area (TPSA) is 72.7 Å². The molecule has 0 aliphatic carbocycles. The van der Waals surface area contributed by atoms with Crippen LogP contribution in [0.2, 0.25) is 0 Å². The number of benzene rings is 1. The lowest BCUT2D eigenvalue weighted by Crippen LogP contribution is -2.49. The Balaban J connectivity index is 1.22. The van der Waals surface area contributed by atoms with Crippen LogP contribution >= 0.6 is 0 Å². The number of carbonyl (C=O) groups excluding carboxylic acids is 1. The summed E-state index contributed by atoms with van der Waals surface area (Å²) in [5.74, 6) is 0.0146. The molecule has 0 N–H and O–H groups in total. The molecule has 0 unspecified atom stereocenters. The van der Waals surface area contributed by atoms with Gasteiger partial charge in [-0.15, -0.1) is 0 Å². The van der Waals surface area contributed by atoms with Gasteiger partial charge in [0.05, 0.1) is 18.8 Å². The average molecular weight is 407 g/mol. The van der Waals surface area contributed by atoms with Gasteiger partial charge in [0.2, 0.25) is 0 Å². The zero-order valence-corrected chi connectivity index (χ0v) is 16.8. The summed E-state index contributed by atoms with van der Waals surface area (Å²) >= 11 is 0. The molecule has 1 amide bonds. The van der Waals surface area contributed by atoms with E-state index in [1.54, 1.807) is 12.5 Å². The molecule has 156 valence electrons. The SMILES string of the molecule is O=C(c1cnc2c(c1)ncn2-c1ccccc1)N1CCN(CCC2OCCO2)CC1. The van der Waals surface area contributed by atoms with Gasteiger partial charge < -0.3 is 14.4 Å². The largest absolute Gasteiger partial charge is 0.350 e. The van der Waals surface area contributed by atoms with Crippen LogP contribution < -0.4 is 0 Å². The summed E-state index contributed by atoms with van der Waals surface area (Å²) in [6.45, 7) is 5.44. The molecule has 2 fully saturated rings. The van der Waals surface area contributed by atoms with Crippen LogP contribution in [0.1, 0.15) is 16.8 Å². The van der Waals surface area contributed by atoms with Gasteiger partial charge in [-0.2, -0.15) is 0 Å². The van der Waals surface area contributed by atoms with E-state index >= 15 is 0 Å². The summed E-state index contributed by atoms with van der Waals surface area (Å²) in [7, 11) is 0. The predicted molar refractivity (Wildman–Crippen MR) is 112 cm³/mol. The van der Waals surface area contributed by atoms with E-state index in [9.17, 15) is 4.79 Å². The molecule has 1 aromatic carbocycles. The number of imidazole rings is 1. The third-order valence-corrected chi connectivity index (χ3v) is 5.70. The number of amides is 1. The standard InChI is InChI=1S/C22H25N5O3/c28-22(26-10-8-25(9-11-26)7-6-20-29-12-13-30-20)17-14-19-21(23-15-17)27(16-24-19)18-4-2-1-3-5-18/h1-5,14-16,20H,6-13H2. The van der Waals surface area contributed by atoms with Gasteiger partial charge in [0.15, 0.2) is 11.9 Å². The highest BCUT2D eigenvalue weighted by atomic mass is 16.7. The number of hydrogen-bond donors (Lipinski definition) is 0. The predicted octanol–water partition coefficient (Wildman–Crippen LogP) is 1.94. The third kappa shape index (κ3) is 3.94. The maximum Gasteiger partial charge on any atom is 0.255 e. The molecule has 0 atom stereocenters. The molecule has 8 heteroatoms. The van der Waals surface area contributed by atoms with Crippen molar-refractivity contribution in [2.45, 2.75) is 12.7 Å². The van der Waals surface area contributed by atoms with Crippen LogP contribution in [0.3, 0.4) is 0 Å². The smallest absolute Gasteiger partial charge is 0.255 e. The molecule has 3 aromatic rings. The summed E-state index contributed by atoms with van der Waals surface area (Å²) < 4.78 is 12.9. The highest BCUT2D eigenvalue weighted by Crippen LogP contribution is 2.18. The molecule has 5 rings (SSSR count). The minimum atomic E-state index is -0.0712. The first-order valence-electron chi connectivity index (χ1n) is 10.4. The van der Waals surface area contributed by atoms with Crippen molar-refractivity contribution >= 4 is 17.1 Å². The number of hydrogen-bond acceptors (Lipinski definition) is 6. The van der Waals surface area contributed by atoms with Crippen molar-refractivity contribution in [3.8, 4) is 5.69 Å². The number of fused-ring (bicyclic) bond motifs is 1. The summed E-state index contributed by atoms with van der Waals surface area (Å²) in [6, 6.07) is 11.8. The number of carbonyl (C=O) groups is 1. The first-order valence-corrected chi connectivity index (χ1v) is 10.4. The molecular weight excluding hydrogens is 382 g/mol. The monoisotopic (exact) mass is 407 g/mol. The fourth-order valence-corrected chi connectivity index (χ4v) is 4.01. The quantitative estimate of drug-likeness (QED) is 0.644. The van der Waals surface area contributed by atoms with E-state index in [0.717, 1.165) is 42.9 Å². The van der Waals surface area contributed by atoms with Gasteiger partial charge in [0, 0.05) is 51.0 Å². The van der Waals surface area contributed by atoms with Crippen LogP contribution in [-0.4, -0.2) is 82.5 Å². The van der Waals surface area contributed by atoms with E-state index < -0.39 is 0 Å². The molecule has 0 bridgehead atoms. The summed E-state index contributed by atoms with van der Waals surface area (Å²) in [5, 5.41) is 0. The summed E-state index contributed by atoms with van der Waals surface area (Å²) in [5.41, 5.74) is 3.05. The lowest BCUT2D eigenvalue weighted by molar-refractivity contribution is -0.0529. The average Bonchev–Trinajstić information content (AvgIpc) is 3.47. The molecule has 0 radical (unpaired) electrons. The highest BCUT2D eigenvalue weighted by Gasteiger charge is 2.24. The first-order chi connectivity index (χ1) is 14.8. The fourth-order valence-electron chi connectivity index (χ4n) is 4.01. The minimum absolute atomic E-state index is 0.0146. The second-order valence-electron chi connectivity index (χ2n) is 7.61. The Bertz CT molecular complexity index is 1010. The van der Waals surface area contributed by atoms with Crippen LogP contribution in [0.15, 0.2) is 48.9 Å². The van der Waals surface area contributed by atoms with Gasteiger partial charge >= 0.3 is 0 Å². The Labute approximate surface area is 175 Å². The number of rotatable bonds is 5. The van der Waals surface area contributed by atoms with Gasteiger partial charge in [-0.25, -0.2) is 9.97 Å². The van der Waals surface area contributed by atoms with E-state index in [1.165, 1.54) is 0 Å². The van der Waals surface area contributed by atoms with E-state index in [4.69, 9.17) is 9.47 Å². The number of nitrogens with zero attached hydrogens (tertiary/aromatic N) is 5. The molecule has 4 heterocycles. The maximum absolute atomic E-state index is 13.0. The molecule has 2 aliphatic rings. The molecule has 30 heavy (non-hydrogen) atoms. The first kappa shape index (κ1) is 19.2. The van der Waals surface area contributed by atoms with Crippen LogP contribution in [0.4, 0.5) is 0 Å². The Morgan fingerprint density at radius 1 is 1.03 bits per heavy atom. The van der Waals surface area contributed by atoms with E-state index in [0.29, 0.717) is 31.9 Å². The Morgan fingerprint density at radius 2 is 1.80 bits per heavy atom. The summed E-state index contributed by atoms with van der Waals surface area (Å²) in [6.07, 6.45) is 4.21. The van der Waals surface area contributed by atoms with Crippen LogP contribution in [-0.2, 0) is 9.47 Å². The number of aromatic nitrogens is 3. The van der Waals surface area contributed by atoms with Crippen molar-refractivity contribution in [3.05, 3.63) is 54.5 Å². The van der Waals surface area contributed by atoms with Crippen LogP contribution in [0.5, 0.6) is 0 Å². The highest BCUT2D eigenvalue weighted by molar-refractivity contribution is 5.96. The molecule has 2 aliphatic heterocycles. The number of ether oxygens (including phenoxy) is 2. The van der Waals surface area contributed by atoms with Gasteiger partial charge in [0.25, 0.3) is 5.91 Å². The van der Waals surface area contributed by atoms with Crippen molar-refractivity contribution < 1.29 is 14.3 Å². The Kier molecular flexibility index (Phi) is 5.44. The second-order valence-corrected chi connectivity index (χ2v) is 7.61. The van der Waals surface area contributed by atoms with Crippen molar-refractivity contribution in [1.29, 1.82) is 0 Å². The molecular formula is C22H25N5O3. The van der Waals surface area contributed by atoms with E-state index in [-0.39, 0.29) is 12.2 Å².